The minimum atomic E-state index is -0.107. The van der Waals surface area contributed by atoms with Crippen molar-refractivity contribution >= 4 is 11.6 Å². The van der Waals surface area contributed by atoms with E-state index in [1.165, 1.54) is 0 Å². The van der Waals surface area contributed by atoms with Gasteiger partial charge >= 0.3 is 0 Å². The summed E-state index contributed by atoms with van der Waals surface area (Å²) >= 11 is 0. The molecule has 104 valence electrons. The van der Waals surface area contributed by atoms with Gasteiger partial charge in [-0.3, -0.25) is 9.78 Å². The van der Waals surface area contributed by atoms with Gasteiger partial charge in [0, 0.05) is 37.6 Å². The summed E-state index contributed by atoms with van der Waals surface area (Å²) in [4.78, 5) is 18.3. The SMILES string of the molecule is CCNC(=O)c1cc(N(CC)C2CCNC2)ccn1. The number of pyridine rings is 1. The van der Waals surface area contributed by atoms with Gasteiger partial charge in [0.2, 0.25) is 0 Å². The quantitative estimate of drug-likeness (QED) is 0.832. The van der Waals surface area contributed by atoms with Gasteiger partial charge < -0.3 is 15.5 Å². The summed E-state index contributed by atoms with van der Waals surface area (Å²) in [6.07, 6.45) is 2.86. The molecule has 0 aliphatic carbocycles. The van der Waals surface area contributed by atoms with Crippen molar-refractivity contribution in [2.24, 2.45) is 0 Å². The van der Waals surface area contributed by atoms with Crippen molar-refractivity contribution in [2.75, 3.05) is 31.1 Å². The summed E-state index contributed by atoms with van der Waals surface area (Å²) in [5, 5.41) is 6.16. The fourth-order valence-corrected chi connectivity index (χ4v) is 2.53. The van der Waals surface area contributed by atoms with Crippen LogP contribution in [0.1, 0.15) is 30.8 Å². The number of amides is 1. The van der Waals surface area contributed by atoms with E-state index in [-0.39, 0.29) is 5.91 Å². The normalized spacial score (nSPS) is 18.3. The van der Waals surface area contributed by atoms with Gasteiger partial charge in [0.15, 0.2) is 0 Å². The highest BCUT2D eigenvalue weighted by molar-refractivity contribution is 5.93. The van der Waals surface area contributed by atoms with Gasteiger partial charge in [0.25, 0.3) is 5.91 Å². The molecule has 1 atom stereocenters. The molecule has 1 amide bonds. The van der Waals surface area contributed by atoms with Crippen LogP contribution in [-0.2, 0) is 0 Å². The van der Waals surface area contributed by atoms with Crippen LogP contribution in [0.3, 0.4) is 0 Å². The molecule has 1 aliphatic heterocycles. The third kappa shape index (κ3) is 3.23. The van der Waals surface area contributed by atoms with Crippen molar-refractivity contribution < 1.29 is 4.79 Å². The molecule has 1 aliphatic rings. The van der Waals surface area contributed by atoms with Crippen LogP contribution in [0, 0.1) is 0 Å². The Labute approximate surface area is 114 Å². The number of carbonyl (C=O) groups is 1. The average Bonchev–Trinajstić information content (AvgIpc) is 2.94. The first-order valence-corrected chi connectivity index (χ1v) is 6.97. The minimum absolute atomic E-state index is 0.107. The van der Waals surface area contributed by atoms with Crippen LogP contribution < -0.4 is 15.5 Å². The number of rotatable bonds is 5. The number of hydrogen-bond donors (Lipinski definition) is 2. The summed E-state index contributed by atoms with van der Waals surface area (Å²) in [5.74, 6) is -0.107. The lowest BCUT2D eigenvalue weighted by Gasteiger charge is -2.29. The summed E-state index contributed by atoms with van der Waals surface area (Å²) in [7, 11) is 0. The highest BCUT2D eigenvalue weighted by Gasteiger charge is 2.22. The maximum absolute atomic E-state index is 11.8. The summed E-state index contributed by atoms with van der Waals surface area (Å²) < 4.78 is 0. The molecular weight excluding hydrogens is 240 g/mol. The fourth-order valence-electron chi connectivity index (χ4n) is 2.53. The van der Waals surface area contributed by atoms with Crippen LogP contribution in [0.2, 0.25) is 0 Å². The fraction of sp³-hybridized carbons (Fsp3) is 0.571. The smallest absolute Gasteiger partial charge is 0.269 e. The highest BCUT2D eigenvalue weighted by atomic mass is 16.1. The van der Waals surface area contributed by atoms with Crippen LogP contribution in [0.5, 0.6) is 0 Å². The third-order valence-electron chi connectivity index (χ3n) is 3.46. The predicted molar refractivity (Wildman–Crippen MR) is 76.5 cm³/mol. The third-order valence-corrected chi connectivity index (χ3v) is 3.46. The van der Waals surface area contributed by atoms with Gasteiger partial charge in [-0.25, -0.2) is 0 Å². The molecule has 0 spiro atoms. The lowest BCUT2D eigenvalue weighted by molar-refractivity contribution is 0.0951. The molecule has 5 nitrogen and oxygen atoms in total. The maximum atomic E-state index is 11.8. The van der Waals surface area contributed by atoms with E-state index in [0.717, 1.165) is 31.7 Å². The van der Waals surface area contributed by atoms with E-state index in [1.807, 2.05) is 19.1 Å². The number of nitrogens with zero attached hydrogens (tertiary/aromatic N) is 2. The lowest BCUT2D eigenvalue weighted by Crippen LogP contribution is -2.37. The molecule has 1 aromatic rings. The number of anilines is 1. The topological polar surface area (TPSA) is 57.3 Å². The zero-order valence-corrected chi connectivity index (χ0v) is 11.6. The van der Waals surface area contributed by atoms with E-state index in [2.05, 4.69) is 27.4 Å². The molecule has 1 saturated heterocycles. The first-order valence-electron chi connectivity index (χ1n) is 6.97. The summed E-state index contributed by atoms with van der Waals surface area (Å²) in [5.41, 5.74) is 1.57. The van der Waals surface area contributed by atoms with E-state index in [9.17, 15) is 4.79 Å². The van der Waals surface area contributed by atoms with Crippen LogP contribution in [0.4, 0.5) is 5.69 Å². The first-order chi connectivity index (χ1) is 9.26. The molecule has 5 heteroatoms. The molecular formula is C14H22N4O. The largest absolute Gasteiger partial charge is 0.367 e. The molecule has 19 heavy (non-hydrogen) atoms. The number of nitrogens with one attached hydrogen (secondary N) is 2. The molecule has 0 aromatic carbocycles. The lowest BCUT2D eigenvalue weighted by atomic mass is 10.2. The highest BCUT2D eigenvalue weighted by Crippen LogP contribution is 2.20. The molecule has 1 fully saturated rings. The van der Waals surface area contributed by atoms with Gasteiger partial charge in [-0.2, -0.15) is 0 Å². The number of aromatic nitrogens is 1. The molecule has 2 N–H and O–H groups in total. The second-order valence-electron chi connectivity index (χ2n) is 4.69. The summed E-state index contributed by atoms with van der Waals surface area (Å²) in [6.45, 7) is 7.68. The zero-order valence-electron chi connectivity index (χ0n) is 11.6. The van der Waals surface area contributed by atoms with Crippen molar-refractivity contribution in [3.63, 3.8) is 0 Å². The molecule has 0 saturated carbocycles. The van der Waals surface area contributed by atoms with Crippen molar-refractivity contribution in [3.05, 3.63) is 24.0 Å². The van der Waals surface area contributed by atoms with E-state index in [0.29, 0.717) is 18.3 Å². The van der Waals surface area contributed by atoms with E-state index >= 15 is 0 Å². The Balaban J connectivity index is 2.18. The summed E-state index contributed by atoms with van der Waals surface area (Å²) in [6, 6.07) is 4.37. The van der Waals surface area contributed by atoms with Gasteiger partial charge in [-0.1, -0.05) is 0 Å². The van der Waals surface area contributed by atoms with Crippen molar-refractivity contribution in [1.82, 2.24) is 15.6 Å². The zero-order chi connectivity index (χ0) is 13.7. The Morgan fingerprint density at radius 1 is 1.58 bits per heavy atom. The second-order valence-corrected chi connectivity index (χ2v) is 4.69. The van der Waals surface area contributed by atoms with Crippen LogP contribution in [0.15, 0.2) is 18.3 Å². The molecule has 2 rings (SSSR count). The van der Waals surface area contributed by atoms with Crippen molar-refractivity contribution in [3.8, 4) is 0 Å². The van der Waals surface area contributed by atoms with Gasteiger partial charge in [0.1, 0.15) is 5.69 Å². The van der Waals surface area contributed by atoms with E-state index < -0.39 is 0 Å². The van der Waals surface area contributed by atoms with Crippen LogP contribution >= 0.6 is 0 Å². The van der Waals surface area contributed by atoms with E-state index in [4.69, 9.17) is 0 Å². The van der Waals surface area contributed by atoms with E-state index in [1.54, 1.807) is 6.20 Å². The Bertz CT molecular complexity index is 429. The molecule has 0 radical (unpaired) electrons. The molecule has 2 heterocycles. The second kappa shape index (κ2) is 6.52. The van der Waals surface area contributed by atoms with Gasteiger partial charge in [-0.15, -0.1) is 0 Å². The monoisotopic (exact) mass is 262 g/mol. The molecule has 1 unspecified atom stereocenters. The molecule has 1 aromatic heterocycles. The number of hydrogen-bond acceptors (Lipinski definition) is 4. The Kier molecular flexibility index (Phi) is 4.74. The Morgan fingerprint density at radius 2 is 2.42 bits per heavy atom. The Morgan fingerprint density at radius 3 is 3.05 bits per heavy atom. The minimum Gasteiger partial charge on any atom is -0.367 e. The van der Waals surface area contributed by atoms with Crippen molar-refractivity contribution in [1.29, 1.82) is 0 Å². The standard InChI is InChI=1S/C14H22N4O/c1-3-16-14(19)13-9-11(6-8-17-13)18(4-2)12-5-7-15-10-12/h6,8-9,12,15H,3-5,7,10H2,1-2H3,(H,16,19). The predicted octanol–water partition coefficient (Wildman–Crippen LogP) is 1.02. The van der Waals surface area contributed by atoms with Gasteiger partial charge in [0.05, 0.1) is 0 Å². The molecule has 0 bridgehead atoms. The van der Waals surface area contributed by atoms with Crippen molar-refractivity contribution in [2.45, 2.75) is 26.3 Å². The van der Waals surface area contributed by atoms with Gasteiger partial charge in [-0.05, 0) is 38.9 Å². The van der Waals surface area contributed by atoms with Crippen LogP contribution in [-0.4, -0.2) is 43.1 Å². The first kappa shape index (κ1) is 13.8. The maximum Gasteiger partial charge on any atom is 0.269 e. The van der Waals surface area contributed by atoms with Crippen LogP contribution in [0.25, 0.3) is 0 Å². The Hall–Kier alpha value is -1.62. The number of likely N-dealkylation sites (N-methyl/N-ethyl adjacent to an activating group) is 1. The number of carbonyl (C=O) groups excluding carboxylic acids is 1. The average molecular weight is 262 g/mol.